The molecule has 47 heavy (non-hydrogen) atoms. The van der Waals surface area contributed by atoms with Gasteiger partial charge in [-0.25, -0.2) is 9.97 Å². The first-order chi connectivity index (χ1) is 23.3. The molecule has 4 heterocycles. The van der Waals surface area contributed by atoms with Crippen molar-refractivity contribution in [2.75, 3.05) is 5.32 Å². The molecule has 1 atom stereocenters. The van der Waals surface area contributed by atoms with Crippen molar-refractivity contribution >= 4 is 75.9 Å². The van der Waals surface area contributed by atoms with Crippen LogP contribution in [0.4, 0.5) is 5.69 Å². The maximum absolute atomic E-state index is 5.40. The minimum Gasteiger partial charge on any atom is -0.372 e. The predicted octanol–water partition coefficient (Wildman–Crippen LogP) is 11.8. The van der Waals surface area contributed by atoms with Crippen LogP contribution < -0.4 is 5.32 Å². The summed E-state index contributed by atoms with van der Waals surface area (Å²) < 4.78 is 2.51. The lowest BCUT2D eigenvalue weighted by atomic mass is 9.97. The summed E-state index contributed by atoms with van der Waals surface area (Å²) in [5.41, 5.74) is 9.69. The second-order valence-electron chi connectivity index (χ2n) is 12.2. The van der Waals surface area contributed by atoms with Crippen LogP contribution in [0.25, 0.3) is 81.3 Å². The van der Waals surface area contributed by atoms with Crippen molar-refractivity contribution < 1.29 is 0 Å². The molecule has 4 heteroatoms. The van der Waals surface area contributed by atoms with E-state index in [1.165, 1.54) is 41.9 Å². The van der Waals surface area contributed by atoms with Gasteiger partial charge in [-0.1, -0.05) is 140 Å². The van der Waals surface area contributed by atoms with Gasteiger partial charge >= 0.3 is 0 Å². The summed E-state index contributed by atoms with van der Waals surface area (Å²) in [6, 6.07) is 49.8. The Labute approximate surface area is 275 Å². The molecule has 1 aliphatic heterocycles. The van der Waals surface area contributed by atoms with E-state index >= 15 is 0 Å². The van der Waals surface area contributed by atoms with Gasteiger partial charge in [0.05, 0.1) is 38.9 Å². The Morgan fingerprint density at radius 2 is 1.30 bits per heavy atom. The Bertz CT molecular complexity index is 2710. The van der Waals surface area contributed by atoms with Crippen molar-refractivity contribution in [3.8, 4) is 22.5 Å². The lowest BCUT2D eigenvalue weighted by molar-refractivity contribution is 0.981. The van der Waals surface area contributed by atoms with Gasteiger partial charge in [0.2, 0.25) is 0 Å². The zero-order valence-corrected chi connectivity index (χ0v) is 26.1. The van der Waals surface area contributed by atoms with Crippen LogP contribution in [0.1, 0.15) is 17.2 Å². The minimum atomic E-state index is 0.108. The summed E-state index contributed by atoms with van der Waals surface area (Å²) >= 11 is 1.83. The van der Waals surface area contributed by atoms with E-state index in [2.05, 4.69) is 157 Å². The lowest BCUT2D eigenvalue weighted by Crippen LogP contribution is -2.12. The van der Waals surface area contributed by atoms with Crippen LogP contribution in [0.3, 0.4) is 0 Å². The first kappa shape index (κ1) is 26.4. The van der Waals surface area contributed by atoms with Gasteiger partial charge in [-0.3, -0.25) is 0 Å². The zero-order chi connectivity index (χ0) is 30.9. The molecule has 0 radical (unpaired) electrons. The molecule has 220 valence electrons. The maximum atomic E-state index is 5.40. The molecule has 10 rings (SSSR count). The number of aromatic nitrogens is 2. The molecule has 1 N–H and O–H groups in total. The number of nitrogens with one attached hydrogen (secondary N) is 1. The van der Waals surface area contributed by atoms with Crippen LogP contribution in [-0.4, -0.2) is 9.97 Å². The van der Waals surface area contributed by atoms with E-state index in [-0.39, 0.29) is 6.04 Å². The molecule has 0 bridgehead atoms. The molecule has 0 aliphatic carbocycles. The molecule has 6 aromatic carbocycles. The molecule has 0 saturated heterocycles. The minimum absolute atomic E-state index is 0.108. The Balaban J connectivity index is 1.10. The number of anilines is 1. The van der Waals surface area contributed by atoms with Gasteiger partial charge in [0.15, 0.2) is 0 Å². The topological polar surface area (TPSA) is 37.8 Å². The molecule has 1 unspecified atom stereocenters. The van der Waals surface area contributed by atoms with Crippen molar-refractivity contribution in [3.05, 3.63) is 157 Å². The van der Waals surface area contributed by atoms with Crippen molar-refractivity contribution in [2.45, 2.75) is 6.04 Å². The summed E-state index contributed by atoms with van der Waals surface area (Å²) in [6.07, 6.45) is 4.43. The fraction of sp³-hybridized carbons (Fsp3) is 0.0233. The van der Waals surface area contributed by atoms with Crippen LogP contribution in [0.5, 0.6) is 0 Å². The smallest absolute Gasteiger partial charge is 0.0947 e. The van der Waals surface area contributed by atoms with Crippen molar-refractivity contribution in [3.63, 3.8) is 0 Å². The fourth-order valence-corrected chi connectivity index (χ4v) is 8.36. The summed E-state index contributed by atoms with van der Waals surface area (Å²) in [7, 11) is 0. The number of nitrogens with zero attached hydrogens (tertiary/aromatic N) is 2. The molecule has 3 aromatic heterocycles. The van der Waals surface area contributed by atoms with E-state index < -0.39 is 0 Å². The van der Waals surface area contributed by atoms with E-state index in [1.54, 1.807) is 0 Å². The van der Waals surface area contributed by atoms with Gasteiger partial charge in [0, 0.05) is 42.8 Å². The van der Waals surface area contributed by atoms with Crippen molar-refractivity contribution in [1.29, 1.82) is 0 Å². The number of benzene rings is 6. The second kappa shape index (κ2) is 10.3. The Hall–Kier alpha value is -5.84. The molecule has 0 saturated carbocycles. The van der Waals surface area contributed by atoms with Gasteiger partial charge in [0.25, 0.3) is 0 Å². The highest BCUT2D eigenvalue weighted by atomic mass is 32.1. The number of fused-ring (bicyclic) bond motifs is 10. The van der Waals surface area contributed by atoms with Crippen LogP contribution in [0.2, 0.25) is 0 Å². The second-order valence-corrected chi connectivity index (χ2v) is 13.3. The SMILES string of the molecule is C1=CC(c2ccccc2)Nc2c1ccc1ccc(-c3ccc(-c4nc5c6ccccc6ccc5c5c4sc4ccccc45)cc3)nc21. The monoisotopic (exact) mass is 617 g/mol. The maximum Gasteiger partial charge on any atom is 0.0947 e. The third-order valence-corrected chi connectivity index (χ3v) is 10.7. The number of rotatable bonds is 3. The number of thiophene rings is 1. The number of hydrogen-bond acceptors (Lipinski definition) is 4. The third kappa shape index (κ3) is 4.19. The Morgan fingerprint density at radius 3 is 2.19 bits per heavy atom. The molecular weight excluding hydrogens is 591 g/mol. The Kier molecular flexibility index (Phi) is 5.81. The molecule has 1 aliphatic rings. The van der Waals surface area contributed by atoms with Crippen LogP contribution in [0, 0.1) is 0 Å². The normalized spacial score (nSPS) is 14.3. The number of pyridine rings is 2. The summed E-state index contributed by atoms with van der Waals surface area (Å²) in [5, 5.41) is 11.1. The molecule has 0 amide bonds. The van der Waals surface area contributed by atoms with E-state index in [4.69, 9.17) is 9.97 Å². The van der Waals surface area contributed by atoms with Crippen LogP contribution in [0.15, 0.2) is 146 Å². The Morgan fingerprint density at radius 1 is 0.553 bits per heavy atom. The summed E-state index contributed by atoms with van der Waals surface area (Å²) in [6.45, 7) is 0. The lowest BCUT2D eigenvalue weighted by Gasteiger charge is -2.24. The van der Waals surface area contributed by atoms with Gasteiger partial charge in [0.1, 0.15) is 0 Å². The molecule has 3 nitrogen and oxygen atoms in total. The largest absolute Gasteiger partial charge is 0.372 e. The average molecular weight is 618 g/mol. The molecule has 9 aromatic rings. The van der Waals surface area contributed by atoms with Crippen molar-refractivity contribution in [1.82, 2.24) is 9.97 Å². The van der Waals surface area contributed by atoms with Gasteiger partial charge in [-0.05, 0) is 28.6 Å². The quantitative estimate of drug-likeness (QED) is 0.200. The summed E-state index contributed by atoms with van der Waals surface area (Å²) in [4.78, 5) is 10.6. The average Bonchev–Trinajstić information content (AvgIpc) is 3.54. The van der Waals surface area contributed by atoms with Gasteiger partial charge < -0.3 is 5.32 Å². The van der Waals surface area contributed by atoms with E-state index in [0.717, 1.165) is 50.2 Å². The van der Waals surface area contributed by atoms with E-state index in [1.807, 2.05) is 11.3 Å². The fourth-order valence-electron chi connectivity index (χ4n) is 7.13. The first-order valence-electron chi connectivity index (χ1n) is 16.0. The highest BCUT2D eigenvalue weighted by Crippen LogP contribution is 2.44. The molecule has 0 fully saturated rings. The highest BCUT2D eigenvalue weighted by molar-refractivity contribution is 7.26. The number of hydrogen-bond donors (Lipinski definition) is 1. The highest BCUT2D eigenvalue weighted by Gasteiger charge is 2.19. The third-order valence-electron chi connectivity index (χ3n) is 9.48. The summed E-state index contributed by atoms with van der Waals surface area (Å²) in [5.74, 6) is 0. The van der Waals surface area contributed by atoms with E-state index in [9.17, 15) is 0 Å². The van der Waals surface area contributed by atoms with Gasteiger partial charge in [-0.15, -0.1) is 11.3 Å². The predicted molar refractivity (Wildman–Crippen MR) is 200 cm³/mol. The van der Waals surface area contributed by atoms with Gasteiger partial charge in [-0.2, -0.15) is 0 Å². The molecular formula is C43H27N3S. The van der Waals surface area contributed by atoms with Crippen LogP contribution in [-0.2, 0) is 0 Å². The van der Waals surface area contributed by atoms with Crippen LogP contribution >= 0.6 is 11.3 Å². The van der Waals surface area contributed by atoms with Crippen molar-refractivity contribution in [2.24, 2.45) is 0 Å². The molecule has 0 spiro atoms. The standard InChI is InChI=1S/C43H27N3S/c1-2-9-27(10-3-1)35-24-21-29-18-19-30-22-25-36(45-40(30)39(29)44-35)28-14-16-31(17-15-28)41-43-38(33-12-6-7-13-37(33)47-43)34-23-20-26-8-4-5-11-32(26)42(34)46-41/h1-25,35,44H. The first-order valence-corrected chi connectivity index (χ1v) is 16.8. The van der Waals surface area contributed by atoms with E-state index in [0.29, 0.717) is 0 Å². The zero-order valence-electron chi connectivity index (χ0n) is 25.3.